The molecule has 1 aliphatic rings. The van der Waals surface area contributed by atoms with Crippen LogP contribution in [0.3, 0.4) is 0 Å². The summed E-state index contributed by atoms with van der Waals surface area (Å²) < 4.78 is 0. The predicted octanol–water partition coefficient (Wildman–Crippen LogP) is 3.56. The quantitative estimate of drug-likeness (QED) is 0.842. The van der Waals surface area contributed by atoms with Crippen LogP contribution in [-0.2, 0) is 0 Å². The van der Waals surface area contributed by atoms with E-state index in [1.807, 2.05) is 32.9 Å². The van der Waals surface area contributed by atoms with Crippen molar-refractivity contribution in [1.82, 2.24) is 15.2 Å². The third-order valence-electron chi connectivity index (χ3n) is 4.43. The van der Waals surface area contributed by atoms with E-state index in [9.17, 15) is 4.79 Å². The van der Waals surface area contributed by atoms with Crippen molar-refractivity contribution in [3.8, 4) is 0 Å². The Hall–Kier alpha value is -1.82. The fraction of sp³-hybridized carbons (Fsp3) is 0.700. The van der Waals surface area contributed by atoms with Crippen LogP contribution < -0.4 is 15.5 Å². The summed E-state index contributed by atoms with van der Waals surface area (Å²) in [5.74, 6) is 1.74. The number of amides is 2. The topological polar surface area (TPSA) is 60.5 Å². The van der Waals surface area contributed by atoms with E-state index < -0.39 is 0 Å². The van der Waals surface area contributed by atoms with Crippen LogP contribution >= 0.6 is 0 Å². The minimum Gasteiger partial charge on any atom is -0.355 e. The lowest BCUT2D eigenvalue weighted by molar-refractivity contribution is 0.244. The normalized spacial score (nSPS) is 16.5. The average Bonchev–Trinajstić information content (AvgIpc) is 2.77. The first-order valence-corrected chi connectivity index (χ1v) is 9.75. The van der Waals surface area contributed by atoms with Gasteiger partial charge in [0, 0.05) is 25.2 Å². The molecule has 26 heavy (non-hydrogen) atoms. The summed E-state index contributed by atoms with van der Waals surface area (Å²) in [4.78, 5) is 21.4. The Morgan fingerprint density at radius 1 is 1.19 bits per heavy atom. The van der Waals surface area contributed by atoms with Gasteiger partial charge in [0.1, 0.15) is 5.82 Å². The summed E-state index contributed by atoms with van der Waals surface area (Å²) in [5.41, 5.74) is 0.453. The van der Waals surface area contributed by atoms with E-state index in [2.05, 4.69) is 39.3 Å². The van der Waals surface area contributed by atoms with Crippen molar-refractivity contribution in [2.45, 2.75) is 53.0 Å². The first kappa shape index (κ1) is 20.5. The van der Waals surface area contributed by atoms with Crippen LogP contribution in [0.2, 0.25) is 0 Å². The molecule has 2 heterocycles. The third kappa shape index (κ3) is 7.20. The number of aromatic nitrogens is 1. The number of hydrogen-bond donors (Lipinski definition) is 2. The van der Waals surface area contributed by atoms with Gasteiger partial charge >= 0.3 is 6.03 Å². The molecule has 1 fully saturated rings. The van der Waals surface area contributed by atoms with E-state index in [4.69, 9.17) is 0 Å². The Kier molecular flexibility index (Phi) is 7.26. The van der Waals surface area contributed by atoms with E-state index in [-0.39, 0.29) is 11.6 Å². The highest BCUT2D eigenvalue weighted by atomic mass is 16.2. The number of nitrogens with zero attached hydrogens (tertiary/aromatic N) is 3. The number of urea groups is 1. The standard InChI is InChI=1S/C20H35N5O/c1-16(2)9-12-24-10-6-11-25(14-13-24)18-8-7-17(15-21-18)22-19(26)23-20(3,4)5/h7-8,15-16H,6,9-14H2,1-5H3,(H2,22,23,26). The molecular weight excluding hydrogens is 326 g/mol. The summed E-state index contributed by atoms with van der Waals surface area (Å²) in [6, 6.07) is 3.71. The van der Waals surface area contributed by atoms with Gasteiger partial charge in [-0.05, 0) is 64.8 Å². The molecule has 1 aromatic heterocycles. The fourth-order valence-corrected chi connectivity index (χ4v) is 3.01. The zero-order valence-electron chi connectivity index (χ0n) is 17.0. The van der Waals surface area contributed by atoms with Crippen LogP contribution in [0.25, 0.3) is 0 Å². The molecule has 2 rings (SSSR count). The van der Waals surface area contributed by atoms with Crippen LogP contribution in [0.4, 0.5) is 16.3 Å². The molecule has 1 saturated heterocycles. The summed E-state index contributed by atoms with van der Waals surface area (Å²) >= 11 is 0. The smallest absolute Gasteiger partial charge is 0.319 e. The highest BCUT2D eigenvalue weighted by Gasteiger charge is 2.17. The molecule has 146 valence electrons. The van der Waals surface area contributed by atoms with Crippen LogP contribution in [-0.4, -0.2) is 54.2 Å². The number of pyridine rings is 1. The molecule has 2 amide bonds. The second-order valence-electron chi connectivity index (χ2n) is 8.60. The summed E-state index contributed by atoms with van der Waals surface area (Å²) in [7, 11) is 0. The summed E-state index contributed by atoms with van der Waals surface area (Å²) in [5, 5.41) is 5.72. The van der Waals surface area contributed by atoms with Gasteiger partial charge in [-0.2, -0.15) is 0 Å². The van der Waals surface area contributed by atoms with E-state index in [0.29, 0.717) is 5.69 Å². The summed E-state index contributed by atoms with van der Waals surface area (Å²) in [6.45, 7) is 15.9. The van der Waals surface area contributed by atoms with Crippen molar-refractivity contribution >= 4 is 17.5 Å². The molecular formula is C20H35N5O. The number of nitrogens with one attached hydrogen (secondary N) is 2. The molecule has 6 heteroatoms. The number of rotatable bonds is 5. The fourth-order valence-electron chi connectivity index (χ4n) is 3.01. The predicted molar refractivity (Wildman–Crippen MR) is 109 cm³/mol. The van der Waals surface area contributed by atoms with Gasteiger partial charge in [-0.3, -0.25) is 0 Å². The van der Waals surface area contributed by atoms with Gasteiger partial charge in [-0.1, -0.05) is 13.8 Å². The van der Waals surface area contributed by atoms with Crippen LogP contribution in [0.1, 0.15) is 47.5 Å². The third-order valence-corrected chi connectivity index (χ3v) is 4.43. The molecule has 0 saturated carbocycles. The first-order chi connectivity index (χ1) is 12.2. The molecule has 0 spiro atoms. The van der Waals surface area contributed by atoms with Crippen molar-refractivity contribution in [1.29, 1.82) is 0 Å². The zero-order chi connectivity index (χ0) is 19.2. The van der Waals surface area contributed by atoms with Crippen molar-refractivity contribution in [2.75, 3.05) is 42.9 Å². The maximum absolute atomic E-state index is 11.9. The van der Waals surface area contributed by atoms with Crippen molar-refractivity contribution < 1.29 is 4.79 Å². The van der Waals surface area contributed by atoms with E-state index in [0.717, 1.165) is 44.3 Å². The molecule has 1 aliphatic heterocycles. The highest BCUT2D eigenvalue weighted by Crippen LogP contribution is 2.17. The second kappa shape index (κ2) is 9.21. The molecule has 0 aromatic carbocycles. The van der Waals surface area contributed by atoms with Gasteiger partial charge < -0.3 is 20.4 Å². The highest BCUT2D eigenvalue weighted by molar-refractivity contribution is 5.89. The Morgan fingerprint density at radius 2 is 1.96 bits per heavy atom. The summed E-state index contributed by atoms with van der Waals surface area (Å²) in [6.07, 6.45) is 4.15. The SMILES string of the molecule is CC(C)CCN1CCCN(c2ccc(NC(=O)NC(C)(C)C)cn2)CC1. The molecule has 0 radical (unpaired) electrons. The maximum atomic E-state index is 11.9. The van der Waals surface area contributed by atoms with Gasteiger partial charge in [-0.15, -0.1) is 0 Å². The van der Waals surface area contributed by atoms with Gasteiger partial charge in [-0.25, -0.2) is 9.78 Å². The van der Waals surface area contributed by atoms with E-state index in [1.165, 1.54) is 13.0 Å². The number of carbonyl (C=O) groups is 1. The zero-order valence-corrected chi connectivity index (χ0v) is 17.0. The minimum atomic E-state index is -0.259. The lowest BCUT2D eigenvalue weighted by Gasteiger charge is -2.23. The Balaban J connectivity index is 1.87. The molecule has 1 aromatic rings. The van der Waals surface area contributed by atoms with Crippen LogP contribution in [0, 0.1) is 5.92 Å². The largest absolute Gasteiger partial charge is 0.355 e. The van der Waals surface area contributed by atoms with Gasteiger partial charge in [0.25, 0.3) is 0 Å². The molecule has 0 aliphatic carbocycles. The first-order valence-electron chi connectivity index (χ1n) is 9.75. The average molecular weight is 362 g/mol. The van der Waals surface area contributed by atoms with Crippen molar-refractivity contribution in [2.24, 2.45) is 5.92 Å². The van der Waals surface area contributed by atoms with Gasteiger partial charge in [0.2, 0.25) is 0 Å². The van der Waals surface area contributed by atoms with Crippen LogP contribution in [0.5, 0.6) is 0 Å². The Morgan fingerprint density at radius 3 is 2.58 bits per heavy atom. The molecule has 0 unspecified atom stereocenters. The monoisotopic (exact) mass is 361 g/mol. The molecule has 0 atom stereocenters. The van der Waals surface area contributed by atoms with E-state index in [1.54, 1.807) is 6.20 Å². The van der Waals surface area contributed by atoms with Gasteiger partial charge in [0.15, 0.2) is 0 Å². The molecule has 0 bridgehead atoms. The second-order valence-corrected chi connectivity index (χ2v) is 8.60. The van der Waals surface area contributed by atoms with Crippen LogP contribution in [0.15, 0.2) is 18.3 Å². The van der Waals surface area contributed by atoms with E-state index >= 15 is 0 Å². The van der Waals surface area contributed by atoms with Crippen molar-refractivity contribution in [3.63, 3.8) is 0 Å². The number of carbonyl (C=O) groups excluding carboxylic acids is 1. The van der Waals surface area contributed by atoms with Crippen molar-refractivity contribution in [3.05, 3.63) is 18.3 Å². The molecule has 6 nitrogen and oxygen atoms in total. The lowest BCUT2D eigenvalue weighted by Crippen LogP contribution is -2.43. The Labute approximate surface area is 158 Å². The number of hydrogen-bond acceptors (Lipinski definition) is 4. The maximum Gasteiger partial charge on any atom is 0.319 e. The Bertz CT molecular complexity index is 565. The minimum absolute atomic E-state index is 0.206. The number of anilines is 2. The van der Waals surface area contributed by atoms with Gasteiger partial charge in [0.05, 0.1) is 11.9 Å². The lowest BCUT2D eigenvalue weighted by atomic mass is 10.1. The molecule has 2 N–H and O–H groups in total.